The Hall–Kier alpha value is -1.38. The van der Waals surface area contributed by atoms with E-state index in [1.165, 1.54) is 0 Å². The molecular formula is C9H10F3N3O2S. The van der Waals surface area contributed by atoms with Crippen LogP contribution in [0.4, 0.5) is 19.0 Å². The quantitative estimate of drug-likeness (QED) is 0.878. The predicted molar refractivity (Wildman–Crippen MR) is 57.7 cm³/mol. The van der Waals surface area contributed by atoms with Gasteiger partial charge < -0.3 is 5.32 Å². The summed E-state index contributed by atoms with van der Waals surface area (Å²) in [5.74, 6) is -0.0559. The van der Waals surface area contributed by atoms with Crippen LogP contribution in [0.3, 0.4) is 0 Å². The Balaban J connectivity index is 2.11. The number of hydrogen-bond donors (Lipinski definition) is 1. The summed E-state index contributed by atoms with van der Waals surface area (Å²) in [4.78, 5) is 6.77. The van der Waals surface area contributed by atoms with Gasteiger partial charge in [-0.3, -0.25) is 0 Å². The number of nitrogens with zero attached hydrogens (tertiary/aromatic N) is 2. The zero-order valence-corrected chi connectivity index (χ0v) is 9.92. The molecule has 18 heavy (non-hydrogen) atoms. The van der Waals surface area contributed by atoms with Gasteiger partial charge in [-0.05, 0) is 6.42 Å². The van der Waals surface area contributed by atoms with Crippen molar-refractivity contribution in [1.29, 1.82) is 0 Å². The van der Waals surface area contributed by atoms with Crippen LogP contribution in [0.15, 0.2) is 12.4 Å². The molecule has 1 aromatic heterocycles. The van der Waals surface area contributed by atoms with Crippen LogP contribution >= 0.6 is 0 Å². The molecule has 1 aliphatic heterocycles. The molecule has 0 aliphatic carbocycles. The van der Waals surface area contributed by atoms with E-state index in [1.54, 1.807) is 0 Å². The molecule has 0 amide bonds. The van der Waals surface area contributed by atoms with Gasteiger partial charge in [-0.25, -0.2) is 18.4 Å². The Morgan fingerprint density at radius 2 is 2.06 bits per heavy atom. The van der Waals surface area contributed by atoms with Gasteiger partial charge in [-0.2, -0.15) is 13.2 Å². The summed E-state index contributed by atoms with van der Waals surface area (Å²) in [6.07, 6.45) is -3.37. The number of aromatic nitrogens is 2. The van der Waals surface area contributed by atoms with Gasteiger partial charge in [-0.15, -0.1) is 0 Å². The summed E-state index contributed by atoms with van der Waals surface area (Å²) in [5, 5.41) is 2.68. The third kappa shape index (κ3) is 3.09. The van der Waals surface area contributed by atoms with Crippen LogP contribution in [0, 0.1) is 0 Å². The molecule has 1 aromatic rings. The van der Waals surface area contributed by atoms with E-state index in [1.807, 2.05) is 0 Å². The molecule has 0 saturated carbocycles. The lowest BCUT2D eigenvalue weighted by molar-refractivity contribution is -0.141. The third-order valence-corrected chi connectivity index (χ3v) is 4.31. The Morgan fingerprint density at radius 3 is 2.61 bits per heavy atom. The van der Waals surface area contributed by atoms with Crippen LogP contribution in [-0.4, -0.2) is 35.9 Å². The first-order chi connectivity index (χ1) is 8.26. The van der Waals surface area contributed by atoms with Gasteiger partial charge in [0.1, 0.15) is 17.8 Å². The Morgan fingerprint density at radius 1 is 1.33 bits per heavy atom. The Labute approximate surface area is 101 Å². The fraction of sp³-hybridized carbons (Fsp3) is 0.556. The average molecular weight is 281 g/mol. The van der Waals surface area contributed by atoms with Gasteiger partial charge in [0.15, 0.2) is 9.84 Å². The molecule has 1 atom stereocenters. The molecule has 0 bridgehead atoms. The van der Waals surface area contributed by atoms with Gasteiger partial charge in [0.05, 0.1) is 11.5 Å². The standard InChI is InChI=1S/C9H10F3N3O2S/c10-9(11,12)7-3-8(14-5-13-7)15-6-1-2-18(16,17)4-6/h3,5-6H,1-2,4H2,(H,13,14,15). The number of rotatable bonds is 2. The predicted octanol–water partition coefficient (Wildman–Crippen LogP) is 1.09. The molecule has 1 aliphatic rings. The lowest BCUT2D eigenvalue weighted by Crippen LogP contribution is -2.22. The maximum absolute atomic E-state index is 12.4. The van der Waals surface area contributed by atoms with Crippen molar-refractivity contribution >= 4 is 15.7 Å². The van der Waals surface area contributed by atoms with Crippen LogP contribution in [0.2, 0.25) is 0 Å². The molecule has 9 heteroatoms. The molecule has 0 spiro atoms. The smallest absolute Gasteiger partial charge is 0.366 e. The highest BCUT2D eigenvalue weighted by Crippen LogP contribution is 2.28. The first-order valence-corrected chi connectivity index (χ1v) is 6.95. The number of nitrogens with one attached hydrogen (secondary N) is 1. The molecule has 0 radical (unpaired) electrons. The zero-order valence-electron chi connectivity index (χ0n) is 9.11. The number of sulfone groups is 1. The molecule has 5 nitrogen and oxygen atoms in total. The molecule has 1 unspecified atom stereocenters. The monoisotopic (exact) mass is 281 g/mol. The minimum atomic E-state index is -4.54. The molecular weight excluding hydrogens is 271 g/mol. The average Bonchev–Trinajstić information content (AvgIpc) is 2.57. The van der Waals surface area contributed by atoms with Gasteiger partial charge >= 0.3 is 6.18 Å². The Kier molecular flexibility index (Phi) is 3.18. The highest BCUT2D eigenvalue weighted by Gasteiger charge is 2.33. The summed E-state index contributed by atoms with van der Waals surface area (Å²) in [5.41, 5.74) is -1.05. The van der Waals surface area contributed by atoms with Crippen molar-refractivity contribution in [3.05, 3.63) is 18.1 Å². The topological polar surface area (TPSA) is 72.0 Å². The van der Waals surface area contributed by atoms with Crippen LogP contribution in [0.5, 0.6) is 0 Å². The van der Waals surface area contributed by atoms with E-state index < -0.39 is 27.7 Å². The minimum absolute atomic E-state index is 0.0144. The van der Waals surface area contributed by atoms with E-state index in [0.29, 0.717) is 6.42 Å². The van der Waals surface area contributed by atoms with E-state index >= 15 is 0 Å². The van der Waals surface area contributed by atoms with E-state index in [-0.39, 0.29) is 17.3 Å². The highest BCUT2D eigenvalue weighted by atomic mass is 32.2. The van der Waals surface area contributed by atoms with Crippen LogP contribution < -0.4 is 5.32 Å². The first kappa shape index (κ1) is 13.1. The normalized spacial score (nSPS) is 22.9. The molecule has 0 aromatic carbocycles. The van der Waals surface area contributed by atoms with Gasteiger partial charge in [-0.1, -0.05) is 0 Å². The second-order valence-electron chi connectivity index (χ2n) is 4.03. The van der Waals surface area contributed by atoms with Crippen molar-refractivity contribution in [2.24, 2.45) is 0 Å². The maximum atomic E-state index is 12.4. The highest BCUT2D eigenvalue weighted by molar-refractivity contribution is 7.91. The molecule has 2 heterocycles. The third-order valence-electron chi connectivity index (χ3n) is 2.54. The number of halogens is 3. The summed E-state index contributed by atoms with van der Waals surface area (Å²) in [6.45, 7) is 0. The second kappa shape index (κ2) is 4.38. The maximum Gasteiger partial charge on any atom is 0.433 e. The summed E-state index contributed by atoms with van der Waals surface area (Å²) < 4.78 is 59.6. The fourth-order valence-corrected chi connectivity index (χ4v) is 3.38. The molecule has 2 rings (SSSR count). The lowest BCUT2D eigenvalue weighted by Gasteiger charge is -2.12. The van der Waals surface area contributed by atoms with E-state index in [9.17, 15) is 21.6 Å². The van der Waals surface area contributed by atoms with E-state index in [4.69, 9.17) is 0 Å². The molecule has 1 fully saturated rings. The summed E-state index contributed by atoms with van der Waals surface area (Å²) in [7, 11) is -3.08. The molecule has 100 valence electrons. The summed E-state index contributed by atoms with van der Waals surface area (Å²) >= 11 is 0. The fourth-order valence-electron chi connectivity index (χ4n) is 1.71. The van der Waals surface area contributed by atoms with E-state index in [0.717, 1.165) is 12.4 Å². The number of hydrogen-bond acceptors (Lipinski definition) is 5. The van der Waals surface area contributed by atoms with Crippen molar-refractivity contribution in [3.63, 3.8) is 0 Å². The minimum Gasteiger partial charge on any atom is -0.366 e. The molecule has 1 saturated heterocycles. The van der Waals surface area contributed by atoms with Crippen molar-refractivity contribution in [3.8, 4) is 0 Å². The number of alkyl halides is 3. The first-order valence-electron chi connectivity index (χ1n) is 5.12. The van der Waals surface area contributed by atoms with Crippen molar-refractivity contribution in [1.82, 2.24) is 9.97 Å². The van der Waals surface area contributed by atoms with Crippen molar-refractivity contribution in [2.45, 2.75) is 18.6 Å². The van der Waals surface area contributed by atoms with Crippen LogP contribution in [0.25, 0.3) is 0 Å². The summed E-state index contributed by atoms with van der Waals surface area (Å²) in [6, 6.07) is 0.372. The second-order valence-corrected chi connectivity index (χ2v) is 6.26. The lowest BCUT2D eigenvalue weighted by atomic mass is 10.2. The van der Waals surface area contributed by atoms with Crippen molar-refractivity contribution < 1.29 is 21.6 Å². The zero-order chi connectivity index (χ0) is 13.4. The van der Waals surface area contributed by atoms with Crippen LogP contribution in [-0.2, 0) is 16.0 Å². The largest absolute Gasteiger partial charge is 0.433 e. The Bertz CT molecular complexity index is 544. The number of anilines is 1. The van der Waals surface area contributed by atoms with E-state index in [2.05, 4.69) is 15.3 Å². The van der Waals surface area contributed by atoms with Gasteiger partial charge in [0.2, 0.25) is 0 Å². The van der Waals surface area contributed by atoms with Crippen molar-refractivity contribution in [2.75, 3.05) is 16.8 Å². The van der Waals surface area contributed by atoms with Gasteiger partial charge in [0.25, 0.3) is 0 Å². The molecule has 1 N–H and O–H groups in total. The SMILES string of the molecule is O=S1(=O)CCC(Nc2cc(C(F)(F)F)ncn2)C1. The van der Waals surface area contributed by atoms with Crippen LogP contribution in [0.1, 0.15) is 12.1 Å². The van der Waals surface area contributed by atoms with Gasteiger partial charge in [0, 0.05) is 12.1 Å².